The summed E-state index contributed by atoms with van der Waals surface area (Å²) in [6.45, 7) is 0.0926. The molecule has 0 saturated heterocycles. The van der Waals surface area contributed by atoms with Gasteiger partial charge < -0.3 is 10.6 Å². The fraction of sp³-hybridized carbons (Fsp3) is 0.0714. The van der Waals surface area contributed by atoms with Crippen LogP contribution in [0.15, 0.2) is 48.9 Å². The third-order valence-corrected chi connectivity index (χ3v) is 2.69. The van der Waals surface area contributed by atoms with Crippen LogP contribution in [0.3, 0.4) is 0 Å². The van der Waals surface area contributed by atoms with E-state index in [2.05, 4.69) is 30.6 Å². The van der Waals surface area contributed by atoms with Crippen LogP contribution in [0.5, 0.6) is 0 Å². The van der Waals surface area contributed by atoms with E-state index >= 15 is 0 Å². The van der Waals surface area contributed by atoms with Crippen molar-refractivity contribution in [3.63, 3.8) is 0 Å². The SMILES string of the molecule is O=C(CNc1ccc2nccnc2n1)Nc1ccccn1. The van der Waals surface area contributed by atoms with Crippen molar-refractivity contribution in [2.75, 3.05) is 17.2 Å². The molecule has 0 aliphatic rings. The third kappa shape index (κ3) is 3.27. The number of hydrogen-bond donors (Lipinski definition) is 2. The molecule has 0 bridgehead atoms. The van der Waals surface area contributed by atoms with Gasteiger partial charge in [-0.05, 0) is 24.3 Å². The highest BCUT2D eigenvalue weighted by molar-refractivity contribution is 5.92. The van der Waals surface area contributed by atoms with Gasteiger partial charge in [0, 0.05) is 18.6 Å². The van der Waals surface area contributed by atoms with Crippen LogP contribution in [0.2, 0.25) is 0 Å². The first-order valence-corrected chi connectivity index (χ1v) is 6.34. The van der Waals surface area contributed by atoms with Crippen LogP contribution < -0.4 is 10.6 Å². The maximum absolute atomic E-state index is 11.8. The van der Waals surface area contributed by atoms with Crippen molar-refractivity contribution in [3.8, 4) is 0 Å². The molecule has 2 N–H and O–H groups in total. The quantitative estimate of drug-likeness (QED) is 0.751. The topological polar surface area (TPSA) is 92.7 Å². The lowest BCUT2D eigenvalue weighted by atomic mass is 10.4. The average Bonchev–Trinajstić information content (AvgIpc) is 2.54. The van der Waals surface area contributed by atoms with Crippen molar-refractivity contribution < 1.29 is 4.79 Å². The molecule has 3 aromatic rings. The zero-order valence-electron chi connectivity index (χ0n) is 11.0. The van der Waals surface area contributed by atoms with Crippen LogP contribution in [-0.4, -0.2) is 32.4 Å². The number of amides is 1. The molecule has 3 rings (SSSR count). The molecule has 0 saturated carbocycles. The second-order valence-corrected chi connectivity index (χ2v) is 4.21. The van der Waals surface area contributed by atoms with Gasteiger partial charge in [0.1, 0.15) is 17.2 Å². The van der Waals surface area contributed by atoms with E-state index in [1.165, 1.54) is 0 Å². The largest absolute Gasteiger partial charge is 0.361 e. The molecular weight excluding hydrogens is 268 g/mol. The zero-order chi connectivity index (χ0) is 14.5. The third-order valence-electron chi connectivity index (χ3n) is 2.69. The minimum atomic E-state index is -0.199. The molecule has 0 aromatic carbocycles. The normalized spacial score (nSPS) is 10.3. The summed E-state index contributed by atoms with van der Waals surface area (Å²) in [5.74, 6) is 0.885. The lowest BCUT2D eigenvalue weighted by Gasteiger charge is -2.06. The van der Waals surface area contributed by atoms with Crippen molar-refractivity contribution in [2.24, 2.45) is 0 Å². The van der Waals surface area contributed by atoms with Gasteiger partial charge in [0.2, 0.25) is 5.91 Å². The van der Waals surface area contributed by atoms with E-state index < -0.39 is 0 Å². The molecule has 0 unspecified atom stereocenters. The first kappa shape index (κ1) is 12.9. The fourth-order valence-electron chi connectivity index (χ4n) is 1.75. The molecule has 1 amide bonds. The molecule has 0 aliphatic carbocycles. The van der Waals surface area contributed by atoms with E-state index in [9.17, 15) is 4.79 Å². The Hall–Kier alpha value is -3.09. The van der Waals surface area contributed by atoms with Crippen LogP contribution in [0.4, 0.5) is 11.6 Å². The molecule has 7 nitrogen and oxygen atoms in total. The van der Waals surface area contributed by atoms with Crippen LogP contribution >= 0.6 is 0 Å². The fourth-order valence-corrected chi connectivity index (χ4v) is 1.75. The summed E-state index contributed by atoms with van der Waals surface area (Å²) in [5, 5.41) is 5.62. The summed E-state index contributed by atoms with van der Waals surface area (Å²) >= 11 is 0. The maximum Gasteiger partial charge on any atom is 0.244 e. The van der Waals surface area contributed by atoms with E-state index in [1.54, 1.807) is 48.9 Å². The molecule has 0 atom stereocenters. The van der Waals surface area contributed by atoms with Crippen LogP contribution in [-0.2, 0) is 4.79 Å². The number of anilines is 2. The van der Waals surface area contributed by atoms with Crippen LogP contribution in [0.25, 0.3) is 11.2 Å². The summed E-state index contributed by atoms with van der Waals surface area (Å²) in [7, 11) is 0. The Morgan fingerprint density at radius 2 is 1.86 bits per heavy atom. The second-order valence-electron chi connectivity index (χ2n) is 4.21. The number of nitrogens with one attached hydrogen (secondary N) is 2. The second kappa shape index (κ2) is 5.91. The van der Waals surface area contributed by atoms with Gasteiger partial charge in [-0.3, -0.25) is 9.78 Å². The van der Waals surface area contributed by atoms with E-state index in [-0.39, 0.29) is 12.5 Å². The number of pyridine rings is 2. The van der Waals surface area contributed by atoms with Gasteiger partial charge in [0.15, 0.2) is 5.65 Å². The number of hydrogen-bond acceptors (Lipinski definition) is 6. The zero-order valence-corrected chi connectivity index (χ0v) is 11.0. The van der Waals surface area contributed by atoms with Crippen molar-refractivity contribution in [2.45, 2.75) is 0 Å². The number of carbonyl (C=O) groups excluding carboxylic acids is 1. The Kier molecular flexibility index (Phi) is 3.64. The van der Waals surface area contributed by atoms with Crippen molar-refractivity contribution in [1.29, 1.82) is 0 Å². The molecule has 0 fully saturated rings. The Morgan fingerprint density at radius 3 is 2.71 bits per heavy atom. The van der Waals surface area contributed by atoms with Gasteiger partial charge in [-0.2, -0.15) is 0 Å². The summed E-state index contributed by atoms with van der Waals surface area (Å²) in [4.78, 5) is 28.3. The Bertz CT molecular complexity index is 762. The Morgan fingerprint density at radius 1 is 0.952 bits per heavy atom. The van der Waals surface area contributed by atoms with Gasteiger partial charge in [0.05, 0.1) is 6.54 Å². The molecule has 21 heavy (non-hydrogen) atoms. The molecule has 0 aliphatic heterocycles. The highest BCUT2D eigenvalue weighted by Gasteiger charge is 2.04. The number of fused-ring (bicyclic) bond motifs is 1. The predicted octanol–water partition coefficient (Wildman–Crippen LogP) is 1.47. The highest BCUT2D eigenvalue weighted by atomic mass is 16.1. The van der Waals surface area contributed by atoms with E-state index in [0.717, 1.165) is 0 Å². The lowest BCUT2D eigenvalue weighted by molar-refractivity contribution is -0.114. The number of rotatable bonds is 4. The Labute approximate surface area is 120 Å². The van der Waals surface area contributed by atoms with Gasteiger partial charge in [-0.25, -0.2) is 15.0 Å². The first-order chi connectivity index (χ1) is 10.3. The lowest BCUT2D eigenvalue weighted by Crippen LogP contribution is -2.22. The maximum atomic E-state index is 11.8. The van der Waals surface area contributed by atoms with Gasteiger partial charge >= 0.3 is 0 Å². The standard InChI is InChI=1S/C14H12N6O/c21-13(19-11-3-1-2-6-16-11)9-18-12-5-4-10-14(20-12)17-8-7-15-10/h1-8H,9H2,(H,16,19,21)(H,17,18,20). The smallest absolute Gasteiger partial charge is 0.244 e. The van der Waals surface area contributed by atoms with E-state index in [0.29, 0.717) is 22.8 Å². The predicted molar refractivity (Wildman–Crippen MR) is 78.7 cm³/mol. The van der Waals surface area contributed by atoms with Crippen molar-refractivity contribution in [1.82, 2.24) is 19.9 Å². The Balaban J connectivity index is 1.62. The number of aromatic nitrogens is 4. The minimum absolute atomic E-state index is 0.0926. The molecule has 0 radical (unpaired) electrons. The van der Waals surface area contributed by atoms with Gasteiger partial charge in [0.25, 0.3) is 0 Å². The van der Waals surface area contributed by atoms with Crippen molar-refractivity contribution in [3.05, 3.63) is 48.9 Å². The van der Waals surface area contributed by atoms with Gasteiger partial charge in [-0.1, -0.05) is 6.07 Å². The molecule has 0 spiro atoms. The minimum Gasteiger partial charge on any atom is -0.361 e. The van der Waals surface area contributed by atoms with Crippen molar-refractivity contribution >= 4 is 28.7 Å². The molecule has 7 heteroatoms. The number of carbonyl (C=O) groups is 1. The van der Waals surface area contributed by atoms with E-state index in [4.69, 9.17) is 0 Å². The molecule has 3 heterocycles. The average molecular weight is 280 g/mol. The first-order valence-electron chi connectivity index (χ1n) is 6.34. The molecular formula is C14H12N6O. The summed E-state index contributed by atoms with van der Waals surface area (Å²) < 4.78 is 0. The summed E-state index contributed by atoms with van der Waals surface area (Å²) in [5.41, 5.74) is 1.24. The molecule has 104 valence electrons. The monoisotopic (exact) mass is 280 g/mol. The summed E-state index contributed by atoms with van der Waals surface area (Å²) in [6.07, 6.45) is 4.80. The number of nitrogens with zero attached hydrogens (tertiary/aromatic N) is 4. The molecule has 3 aromatic heterocycles. The van der Waals surface area contributed by atoms with Crippen LogP contribution in [0.1, 0.15) is 0 Å². The van der Waals surface area contributed by atoms with E-state index in [1.807, 2.05) is 0 Å². The highest BCUT2D eigenvalue weighted by Crippen LogP contribution is 2.09. The van der Waals surface area contributed by atoms with Crippen LogP contribution in [0, 0.1) is 0 Å². The van der Waals surface area contributed by atoms with Gasteiger partial charge in [-0.15, -0.1) is 0 Å². The summed E-state index contributed by atoms with van der Waals surface area (Å²) in [6, 6.07) is 8.87.